The molecule has 0 saturated heterocycles. The maximum atomic E-state index is 11.9. The standard InChI is InChI=1S/C27H45N3O3/c1-5-18-22-14-17(31)8-11-27(22,4)21-9-12-26(3)19(6-7-20(26)23(21)24(18)32)16(2)10-13-30-25(33)28-15-29-30/h15-24,31-32H,5-14H2,1-4H3,(H,28,29,33)/t16-,17-,18-,19-,20+,21+,22?,23+,24-,26-,27-/m1/s1. The number of rotatable bonds is 5. The topological polar surface area (TPSA) is 91.1 Å². The molecule has 5 rings (SSSR count). The molecule has 4 aliphatic carbocycles. The molecule has 4 fully saturated rings. The van der Waals surface area contributed by atoms with Crippen molar-refractivity contribution in [3.63, 3.8) is 0 Å². The summed E-state index contributed by atoms with van der Waals surface area (Å²) in [5, 5.41) is 26.4. The van der Waals surface area contributed by atoms with Crippen molar-refractivity contribution in [1.29, 1.82) is 0 Å². The van der Waals surface area contributed by atoms with Gasteiger partial charge >= 0.3 is 5.69 Å². The zero-order chi connectivity index (χ0) is 23.5. The van der Waals surface area contributed by atoms with E-state index in [1.807, 2.05) is 0 Å². The molecule has 186 valence electrons. The van der Waals surface area contributed by atoms with Crippen LogP contribution in [0.1, 0.15) is 85.5 Å². The first kappa shape index (κ1) is 23.6. The van der Waals surface area contributed by atoms with Crippen molar-refractivity contribution in [3.8, 4) is 0 Å². The van der Waals surface area contributed by atoms with Crippen molar-refractivity contribution in [2.75, 3.05) is 0 Å². The number of hydrogen-bond acceptors (Lipinski definition) is 4. The van der Waals surface area contributed by atoms with Crippen LogP contribution in [0, 0.1) is 52.3 Å². The van der Waals surface area contributed by atoms with Gasteiger partial charge in [-0.3, -0.25) is 4.98 Å². The molecule has 6 nitrogen and oxygen atoms in total. The molecule has 4 aliphatic rings. The fourth-order valence-electron chi connectivity index (χ4n) is 9.90. The summed E-state index contributed by atoms with van der Waals surface area (Å²) in [7, 11) is 0. The van der Waals surface area contributed by atoms with E-state index in [-0.39, 0.29) is 28.7 Å². The molecular weight excluding hydrogens is 414 g/mol. The molecule has 6 heteroatoms. The Kier molecular flexibility index (Phi) is 6.09. The molecule has 0 aromatic carbocycles. The Hall–Kier alpha value is -1.14. The van der Waals surface area contributed by atoms with E-state index in [0.717, 1.165) is 32.1 Å². The molecule has 0 amide bonds. The van der Waals surface area contributed by atoms with Gasteiger partial charge in [-0.1, -0.05) is 34.1 Å². The molecule has 11 atom stereocenters. The number of hydrogen-bond donors (Lipinski definition) is 3. The summed E-state index contributed by atoms with van der Waals surface area (Å²) < 4.78 is 1.55. The van der Waals surface area contributed by atoms with Gasteiger partial charge in [-0.2, -0.15) is 5.10 Å². The minimum Gasteiger partial charge on any atom is -0.393 e. The van der Waals surface area contributed by atoms with E-state index >= 15 is 0 Å². The molecular formula is C27H45N3O3. The number of aromatic amines is 1. The third-order valence-electron chi connectivity index (χ3n) is 11.6. The highest BCUT2D eigenvalue weighted by Gasteiger charge is 2.64. The van der Waals surface area contributed by atoms with Crippen LogP contribution < -0.4 is 5.69 Å². The highest BCUT2D eigenvalue weighted by atomic mass is 16.3. The zero-order valence-corrected chi connectivity index (χ0v) is 21.0. The van der Waals surface area contributed by atoms with Crippen LogP contribution in [0.4, 0.5) is 0 Å². The van der Waals surface area contributed by atoms with Gasteiger partial charge in [-0.25, -0.2) is 9.48 Å². The predicted molar refractivity (Wildman–Crippen MR) is 128 cm³/mol. The van der Waals surface area contributed by atoms with Crippen LogP contribution in [0.2, 0.25) is 0 Å². The Morgan fingerprint density at radius 1 is 1.12 bits per heavy atom. The Bertz CT molecular complexity index is 897. The second-order valence-corrected chi connectivity index (χ2v) is 12.7. The number of aryl methyl sites for hydroxylation is 1. The van der Waals surface area contributed by atoms with Gasteiger partial charge in [0, 0.05) is 6.54 Å². The van der Waals surface area contributed by atoms with E-state index in [4.69, 9.17) is 0 Å². The van der Waals surface area contributed by atoms with Crippen molar-refractivity contribution in [2.45, 2.75) is 104 Å². The lowest BCUT2D eigenvalue weighted by Gasteiger charge is -2.64. The van der Waals surface area contributed by atoms with E-state index in [2.05, 4.69) is 37.8 Å². The van der Waals surface area contributed by atoms with Gasteiger partial charge in [0.2, 0.25) is 0 Å². The lowest BCUT2D eigenvalue weighted by molar-refractivity contribution is -0.203. The molecule has 0 spiro atoms. The SMILES string of the molecule is CC[C@@H]1C2C[C@H](O)CC[C@]2(C)[C@H]2CC[C@]3(C)[C@@H]([C@H](C)CCn4nc[nH]c4=O)CC[C@H]3[C@@H]2[C@@H]1O. The number of fused-ring (bicyclic) bond motifs is 5. The molecule has 4 saturated carbocycles. The smallest absolute Gasteiger partial charge is 0.343 e. The molecule has 0 bridgehead atoms. The first-order chi connectivity index (χ1) is 15.7. The van der Waals surface area contributed by atoms with E-state index < -0.39 is 0 Å². The third-order valence-corrected chi connectivity index (χ3v) is 11.6. The quantitative estimate of drug-likeness (QED) is 0.615. The second-order valence-electron chi connectivity index (χ2n) is 12.7. The van der Waals surface area contributed by atoms with Crippen molar-refractivity contribution < 1.29 is 10.2 Å². The van der Waals surface area contributed by atoms with Crippen molar-refractivity contribution in [3.05, 3.63) is 16.8 Å². The first-order valence-electron chi connectivity index (χ1n) is 13.7. The van der Waals surface area contributed by atoms with Gasteiger partial charge < -0.3 is 10.2 Å². The number of nitrogens with zero attached hydrogens (tertiary/aromatic N) is 2. The predicted octanol–water partition coefficient (Wildman–Crippen LogP) is 4.22. The summed E-state index contributed by atoms with van der Waals surface area (Å²) in [6.45, 7) is 10.3. The Morgan fingerprint density at radius 3 is 2.55 bits per heavy atom. The van der Waals surface area contributed by atoms with Gasteiger partial charge in [-0.05, 0) is 104 Å². The minimum absolute atomic E-state index is 0.116. The molecule has 1 aromatic rings. The van der Waals surface area contributed by atoms with Crippen molar-refractivity contribution in [1.82, 2.24) is 14.8 Å². The van der Waals surface area contributed by atoms with Gasteiger partial charge in [0.25, 0.3) is 0 Å². The Morgan fingerprint density at radius 2 is 1.85 bits per heavy atom. The van der Waals surface area contributed by atoms with Crippen LogP contribution in [0.25, 0.3) is 0 Å². The normalized spacial score (nSPS) is 48.1. The third kappa shape index (κ3) is 3.57. The largest absolute Gasteiger partial charge is 0.393 e. The summed E-state index contributed by atoms with van der Waals surface area (Å²) in [5.41, 5.74) is 0.415. The highest BCUT2D eigenvalue weighted by Crippen LogP contribution is 2.69. The summed E-state index contributed by atoms with van der Waals surface area (Å²) in [4.78, 5) is 14.5. The monoisotopic (exact) mass is 459 g/mol. The van der Waals surface area contributed by atoms with Gasteiger partial charge in [0.1, 0.15) is 6.33 Å². The molecule has 0 radical (unpaired) electrons. The summed E-state index contributed by atoms with van der Waals surface area (Å²) in [6, 6.07) is 0. The maximum absolute atomic E-state index is 11.9. The van der Waals surface area contributed by atoms with Gasteiger partial charge in [0.15, 0.2) is 0 Å². The number of aromatic nitrogens is 3. The number of aliphatic hydroxyl groups is 2. The van der Waals surface area contributed by atoms with Crippen LogP contribution in [0.5, 0.6) is 0 Å². The molecule has 33 heavy (non-hydrogen) atoms. The summed E-state index contributed by atoms with van der Waals surface area (Å²) in [5.74, 6) is 3.52. The van der Waals surface area contributed by atoms with E-state index in [1.54, 1.807) is 4.68 Å². The van der Waals surface area contributed by atoms with Gasteiger partial charge in [-0.15, -0.1) is 0 Å². The van der Waals surface area contributed by atoms with E-state index in [0.29, 0.717) is 48.0 Å². The molecule has 0 aliphatic heterocycles. The second kappa shape index (κ2) is 8.51. The molecule has 3 N–H and O–H groups in total. The average Bonchev–Trinajstić information content (AvgIpc) is 3.36. The minimum atomic E-state index is -0.232. The lowest BCUT2D eigenvalue weighted by atomic mass is 9.41. The van der Waals surface area contributed by atoms with Crippen LogP contribution in [-0.4, -0.2) is 37.2 Å². The van der Waals surface area contributed by atoms with E-state index in [9.17, 15) is 15.0 Å². The van der Waals surface area contributed by atoms with E-state index in [1.165, 1.54) is 32.0 Å². The lowest BCUT2D eigenvalue weighted by Crippen LogP contribution is -2.62. The van der Waals surface area contributed by atoms with Crippen LogP contribution >= 0.6 is 0 Å². The molecule has 1 unspecified atom stereocenters. The van der Waals surface area contributed by atoms with Crippen molar-refractivity contribution in [2.24, 2.45) is 52.3 Å². The first-order valence-corrected chi connectivity index (χ1v) is 13.7. The Balaban J connectivity index is 1.38. The fourth-order valence-corrected chi connectivity index (χ4v) is 9.90. The van der Waals surface area contributed by atoms with Crippen LogP contribution in [0.15, 0.2) is 11.1 Å². The molecule has 1 aromatic heterocycles. The number of aliphatic hydroxyl groups excluding tert-OH is 2. The fraction of sp³-hybridized carbons (Fsp3) is 0.926. The number of nitrogens with one attached hydrogen (secondary N) is 1. The summed E-state index contributed by atoms with van der Waals surface area (Å²) >= 11 is 0. The summed E-state index contributed by atoms with van der Waals surface area (Å²) in [6.07, 6.45) is 10.9. The van der Waals surface area contributed by atoms with Crippen LogP contribution in [-0.2, 0) is 6.54 Å². The highest BCUT2D eigenvalue weighted by molar-refractivity contribution is 5.13. The number of H-pyrrole nitrogens is 1. The van der Waals surface area contributed by atoms with Crippen molar-refractivity contribution >= 4 is 0 Å². The Labute approximate surface area is 198 Å². The zero-order valence-electron chi connectivity index (χ0n) is 21.0. The maximum Gasteiger partial charge on any atom is 0.343 e. The molecule has 1 heterocycles. The van der Waals surface area contributed by atoms with Crippen LogP contribution in [0.3, 0.4) is 0 Å². The van der Waals surface area contributed by atoms with Gasteiger partial charge in [0.05, 0.1) is 12.2 Å². The average molecular weight is 460 g/mol.